The fraction of sp³-hybridized carbons (Fsp3) is 0.938. The summed E-state index contributed by atoms with van der Waals surface area (Å²) >= 11 is 0. The number of carbonyl (C=O) groups is 3. The molecule has 0 aliphatic carbocycles. The highest BCUT2D eigenvalue weighted by Gasteiger charge is 2.47. The van der Waals surface area contributed by atoms with Crippen LogP contribution in [0, 0.1) is 0 Å². The summed E-state index contributed by atoms with van der Waals surface area (Å²) in [6.07, 6.45) is 31.6. The van der Waals surface area contributed by atoms with Gasteiger partial charge in [-0.15, -0.1) is 0 Å². The average Bonchev–Trinajstić information content (AvgIpc) is 3.22. The quantitative estimate of drug-likeness (QED) is 0.0341. The molecule has 1 fully saturated rings. The predicted octanol–water partition coefficient (Wildman–Crippen LogP) is 11.0. The Bertz CT molecular complexity index is 994. The number of carboxylic acids is 1. The van der Waals surface area contributed by atoms with E-state index < -0.39 is 54.7 Å². The SMILES string of the molecule is CCCCCCCCCCCCCCCCCCCCCCCC(=O)OCC(COC1OC(C(=O)O)C(O)C(O)C1O)OC(=O)CCCCCCCCCCCCCC. The maximum atomic E-state index is 12.8. The van der Waals surface area contributed by atoms with Crippen LogP contribution in [0.1, 0.15) is 239 Å². The molecule has 1 aliphatic heterocycles. The van der Waals surface area contributed by atoms with Crippen molar-refractivity contribution < 1.29 is 53.8 Å². The lowest BCUT2D eigenvalue weighted by Gasteiger charge is -2.38. The van der Waals surface area contributed by atoms with Gasteiger partial charge in [0.25, 0.3) is 0 Å². The summed E-state index contributed by atoms with van der Waals surface area (Å²) in [7, 11) is 0. The lowest BCUT2D eigenvalue weighted by atomic mass is 9.99. The van der Waals surface area contributed by atoms with Crippen molar-refractivity contribution in [3.63, 3.8) is 0 Å². The van der Waals surface area contributed by atoms with E-state index in [9.17, 15) is 34.8 Å². The molecule has 11 heteroatoms. The van der Waals surface area contributed by atoms with Crippen LogP contribution in [0.25, 0.3) is 0 Å². The van der Waals surface area contributed by atoms with E-state index in [0.717, 1.165) is 38.5 Å². The number of aliphatic carboxylic acids is 1. The minimum absolute atomic E-state index is 0.190. The molecule has 0 bridgehead atoms. The maximum absolute atomic E-state index is 12.8. The molecule has 0 amide bonds. The van der Waals surface area contributed by atoms with Crippen LogP contribution in [-0.4, -0.2) is 88.4 Å². The van der Waals surface area contributed by atoms with Crippen molar-refractivity contribution in [2.45, 2.75) is 275 Å². The standard InChI is InChI=1S/C48H90O11/c1-3-5-7-9-11-13-15-17-18-19-20-21-22-23-24-25-27-28-30-32-34-36-41(49)56-38-40(39-57-48-45(53)43(51)44(52)46(59-48)47(54)55)58-42(50)37-35-33-31-29-26-16-14-12-10-8-6-4-2/h40,43-46,48,51-53H,3-39H2,1-2H3,(H,54,55). The molecule has 6 unspecified atom stereocenters. The van der Waals surface area contributed by atoms with Gasteiger partial charge in [0.1, 0.15) is 24.9 Å². The third-order valence-electron chi connectivity index (χ3n) is 11.7. The number of carbonyl (C=O) groups excluding carboxylic acids is 2. The van der Waals surface area contributed by atoms with Crippen molar-refractivity contribution in [2.24, 2.45) is 0 Å². The number of aliphatic hydroxyl groups excluding tert-OH is 3. The molecule has 0 saturated carbocycles. The lowest BCUT2D eigenvalue weighted by Crippen LogP contribution is -2.60. The van der Waals surface area contributed by atoms with Crippen LogP contribution >= 0.6 is 0 Å². The highest BCUT2D eigenvalue weighted by molar-refractivity contribution is 5.73. The first-order valence-corrected chi connectivity index (χ1v) is 24.6. The number of ether oxygens (including phenoxy) is 4. The molecular formula is C48H90O11. The first-order chi connectivity index (χ1) is 28.7. The molecule has 0 radical (unpaired) electrons. The summed E-state index contributed by atoms with van der Waals surface area (Å²) in [6.45, 7) is 3.84. The zero-order valence-electron chi connectivity index (χ0n) is 37.8. The third-order valence-corrected chi connectivity index (χ3v) is 11.7. The van der Waals surface area contributed by atoms with E-state index in [2.05, 4.69) is 13.8 Å². The molecule has 0 spiro atoms. The van der Waals surface area contributed by atoms with E-state index in [4.69, 9.17) is 18.9 Å². The van der Waals surface area contributed by atoms with Gasteiger partial charge < -0.3 is 39.4 Å². The molecule has 0 aromatic carbocycles. The van der Waals surface area contributed by atoms with E-state index in [-0.39, 0.29) is 26.1 Å². The Labute approximate surface area is 359 Å². The zero-order valence-corrected chi connectivity index (χ0v) is 37.8. The second-order valence-electron chi connectivity index (χ2n) is 17.3. The van der Waals surface area contributed by atoms with Crippen LogP contribution in [0.2, 0.25) is 0 Å². The molecule has 4 N–H and O–H groups in total. The van der Waals surface area contributed by atoms with Crippen LogP contribution in [0.4, 0.5) is 0 Å². The summed E-state index contributed by atoms with van der Waals surface area (Å²) in [6, 6.07) is 0. The number of unbranched alkanes of at least 4 members (excludes halogenated alkanes) is 31. The Balaban J connectivity index is 2.26. The molecule has 348 valence electrons. The van der Waals surface area contributed by atoms with Gasteiger partial charge >= 0.3 is 17.9 Å². The van der Waals surface area contributed by atoms with Gasteiger partial charge in [0.2, 0.25) is 0 Å². The van der Waals surface area contributed by atoms with Gasteiger partial charge in [0.15, 0.2) is 18.5 Å². The molecule has 1 heterocycles. The molecular weight excluding hydrogens is 753 g/mol. The molecule has 1 rings (SSSR count). The Morgan fingerprint density at radius 3 is 1.15 bits per heavy atom. The largest absolute Gasteiger partial charge is 0.479 e. The van der Waals surface area contributed by atoms with E-state index in [1.165, 1.54) is 161 Å². The van der Waals surface area contributed by atoms with E-state index in [1.807, 2.05) is 0 Å². The molecule has 1 saturated heterocycles. The number of carboxylic acid groups (broad SMARTS) is 1. The van der Waals surface area contributed by atoms with E-state index in [0.29, 0.717) is 12.8 Å². The van der Waals surface area contributed by atoms with Crippen LogP contribution < -0.4 is 0 Å². The van der Waals surface area contributed by atoms with Crippen molar-refractivity contribution in [1.82, 2.24) is 0 Å². The molecule has 59 heavy (non-hydrogen) atoms. The average molecular weight is 843 g/mol. The van der Waals surface area contributed by atoms with Crippen molar-refractivity contribution in [3.8, 4) is 0 Å². The fourth-order valence-electron chi connectivity index (χ4n) is 7.82. The first-order valence-electron chi connectivity index (χ1n) is 24.6. The van der Waals surface area contributed by atoms with Crippen LogP contribution in [0.15, 0.2) is 0 Å². The molecule has 0 aromatic heterocycles. The second kappa shape index (κ2) is 39.1. The second-order valence-corrected chi connectivity index (χ2v) is 17.3. The Morgan fingerprint density at radius 2 is 0.797 bits per heavy atom. The summed E-state index contributed by atoms with van der Waals surface area (Å²) < 4.78 is 21.8. The normalized spacial score (nSPS) is 19.8. The van der Waals surface area contributed by atoms with Crippen molar-refractivity contribution in [3.05, 3.63) is 0 Å². The summed E-state index contributed by atoms with van der Waals surface area (Å²) in [5, 5.41) is 39.8. The number of hydrogen-bond donors (Lipinski definition) is 4. The van der Waals surface area contributed by atoms with Crippen molar-refractivity contribution >= 4 is 17.9 Å². The van der Waals surface area contributed by atoms with Gasteiger partial charge in [-0.25, -0.2) is 4.79 Å². The highest BCUT2D eigenvalue weighted by Crippen LogP contribution is 2.23. The van der Waals surface area contributed by atoms with Crippen LogP contribution in [-0.2, 0) is 33.3 Å². The molecule has 1 aliphatic rings. The predicted molar refractivity (Wildman–Crippen MR) is 234 cm³/mol. The van der Waals surface area contributed by atoms with Gasteiger partial charge in [0.05, 0.1) is 6.61 Å². The molecule has 6 atom stereocenters. The Hall–Kier alpha value is -1.79. The van der Waals surface area contributed by atoms with E-state index >= 15 is 0 Å². The summed E-state index contributed by atoms with van der Waals surface area (Å²) in [5.41, 5.74) is 0. The van der Waals surface area contributed by atoms with E-state index in [1.54, 1.807) is 0 Å². The monoisotopic (exact) mass is 843 g/mol. The van der Waals surface area contributed by atoms with Crippen LogP contribution in [0.3, 0.4) is 0 Å². The summed E-state index contributed by atoms with van der Waals surface area (Å²) in [4.78, 5) is 36.9. The first kappa shape index (κ1) is 55.2. The molecule has 0 aromatic rings. The zero-order chi connectivity index (χ0) is 43.2. The number of rotatable bonds is 42. The smallest absolute Gasteiger partial charge is 0.335 e. The van der Waals surface area contributed by atoms with Gasteiger partial charge in [-0.05, 0) is 12.8 Å². The van der Waals surface area contributed by atoms with Crippen molar-refractivity contribution in [1.29, 1.82) is 0 Å². The van der Waals surface area contributed by atoms with Gasteiger partial charge in [0, 0.05) is 12.8 Å². The number of aliphatic hydroxyl groups is 3. The van der Waals surface area contributed by atoms with Crippen molar-refractivity contribution in [2.75, 3.05) is 13.2 Å². The van der Waals surface area contributed by atoms with Crippen LogP contribution in [0.5, 0.6) is 0 Å². The molecule has 11 nitrogen and oxygen atoms in total. The van der Waals surface area contributed by atoms with Gasteiger partial charge in [-0.1, -0.05) is 213 Å². The maximum Gasteiger partial charge on any atom is 0.335 e. The third kappa shape index (κ3) is 30.8. The van der Waals surface area contributed by atoms with Gasteiger partial charge in [-0.3, -0.25) is 9.59 Å². The Kier molecular flexibility index (Phi) is 36.6. The summed E-state index contributed by atoms with van der Waals surface area (Å²) in [5.74, 6) is -2.42. The van der Waals surface area contributed by atoms with Gasteiger partial charge in [-0.2, -0.15) is 0 Å². The minimum atomic E-state index is -1.86. The number of hydrogen-bond acceptors (Lipinski definition) is 10. The number of esters is 2. The minimum Gasteiger partial charge on any atom is -0.479 e. The Morgan fingerprint density at radius 1 is 0.458 bits per heavy atom. The fourth-order valence-corrected chi connectivity index (χ4v) is 7.82. The topological polar surface area (TPSA) is 169 Å². The highest BCUT2D eigenvalue weighted by atomic mass is 16.7. The lowest BCUT2D eigenvalue weighted by molar-refractivity contribution is -0.298.